The van der Waals surface area contributed by atoms with Gasteiger partial charge in [-0.2, -0.15) is 4.90 Å². The number of ether oxygens (including phenoxy) is 3. The van der Waals surface area contributed by atoms with Crippen molar-refractivity contribution < 1.29 is 38.1 Å². The third-order valence-electron chi connectivity index (χ3n) is 8.20. The van der Waals surface area contributed by atoms with Gasteiger partial charge in [-0.1, -0.05) is 12.1 Å². The fourth-order valence-corrected chi connectivity index (χ4v) is 5.99. The molecular formula is C36H49N7O8. The molecule has 1 aliphatic carbocycles. The lowest BCUT2D eigenvalue weighted by Gasteiger charge is -2.28. The summed E-state index contributed by atoms with van der Waals surface area (Å²) in [7, 11) is 1.66. The van der Waals surface area contributed by atoms with Crippen molar-refractivity contribution in [1.82, 2.24) is 25.1 Å². The van der Waals surface area contributed by atoms with E-state index in [0.717, 1.165) is 18.4 Å². The Hall–Kier alpha value is -4.79. The minimum atomic E-state index is -1.02. The van der Waals surface area contributed by atoms with Gasteiger partial charge in [0.1, 0.15) is 22.6 Å². The molecule has 2 fully saturated rings. The summed E-state index contributed by atoms with van der Waals surface area (Å²) in [6.07, 6.45) is 0.284. The van der Waals surface area contributed by atoms with Gasteiger partial charge in [-0.25, -0.2) is 24.4 Å². The van der Waals surface area contributed by atoms with E-state index in [2.05, 4.69) is 15.2 Å². The number of carbonyl (C=O) groups is 3. The maximum absolute atomic E-state index is 13.6. The Balaban J connectivity index is 1.50. The summed E-state index contributed by atoms with van der Waals surface area (Å²) in [5.74, 6) is 0.720. The number of rotatable bonds is 6. The van der Waals surface area contributed by atoms with Crippen molar-refractivity contribution in [2.75, 3.05) is 29.9 Å². The standard InChI is InChI=1S/C36H49N7O8/c1-34(2,3)49-31(45)41(10)18-21-11-13-22(14-12-21)29-39-40-30(48-29)27-28(43(32(46)50-35(4,5)6)33(47)51-36(7,8)9)37-17-26(38-27)42-19-23-15-16-25(44)24(23)20-42/h11-14,17,23-25,44H,15-16,18-20H2,1-10H3/t23-,24+,25?/m0/s1. The predicted molar refractivity (Wildman–Crippen MR) is 188 cm³/mol. The molecule has 0 bridgehead atoms. The Kier molecular flexibility index (Phi) is 10.3. The van der Waals surface area contributed by atoms with Gasteiger partial charge in [0.2, 0.25) is 5.89 Å². The Labute approximate surface area is 298 Å². The lowest BCUT2D eigenvalue weighted by Crippen LogP contribution is -2.44. The van der Waals surface area contributed by atoms with E-state index in [1.807, 2.05) is 37.8 Å². The first-order chi connectivity index (χ1) is 23.7. The lowest BCUT2D eigenvalue weighted by molar-refractivity contribution is 0.0283. The number of hydrogen-bond donors (Lipinski definition) is 1. The van der Waals surface area contributed by atoms with Gasteiger partial charge in [-0.15, -0.1) is 10.2 Å². The number of fused-ring (bicyclic) bond motifs is 1. The normalized spacial score (nSPS) is 19.0. The number of carbonyl (C=O) groups excluding carboxylic acids is 3. The van der Waals surface area contributed by atoms with Gasteiger partial charge in [0.15, 0.2) is 11.5 Å². The molecule has 1 saturated heterocycles. The SMILES string of the molecule is CN(Cc1ccc(-c2nnc(-c3nc(N4C[C@@H]5CCC(O)[C@@H]5C4)cnc3N(C(=O)OC(C)(C)C)C(=O)OC(C)(C)C)o2)cc1)C(=O)OC(C)(C)C. The van der Waals surface area contributed by atoms with Crippen LogP contribution in [0.15, 0.2) is 34.9 Å². The molecule has 276 valence electrons. The molecule has 0 spiro atoms. The summed E-state index contributed by atoms with van der Waals surface area (Å²) >= 11 is 0. The molecular weight excluding hydrogens is 658 g/mol. The second-order valence-corrected chi connectivity index (χ2v) is 16.1. The number of hydrogen-bond acceptors (Lipinski definition) is 13. The third kappa shape index (κ3) is 9.31. The molecule has 3 aromatic rings. The van der Waals surface area contributed by atoms with Crippen molar-refractivity contribution in [3.63, 3.8) is 0 Å². The predicted octanol–water partition coefficient (Wildman–Crippen LogP) is 6.44. The molecule has 1 unspecified atom stereocenters. The summed E-state index contributed by atoms with van der Waals surface area (Å²) < 4.78 is 22.8. The Bertz CT molecular complexity index is 1710. The van der Waals surface area contributed by atoms with Gasteiger partial charge in [0.25, 0.3) is 5.89 Å². The van der Waals surface area contributed by atoms with Crippen molar-refractivity contribution in [3.05, 3.63) is 36.0 Å². The number of aliphatic hydroxyl groups excluding tert-OH is 1. The molecule has 5 rings (SSSR count). The van der Waals surface area contributed by atoms with Crippen LogP contribution in [0.4, 0.5) is 26.0 Å². The molecule has 3 atom stereocenters. The van der Waals surface area contributed by atoms with Crippen LogP contribution < -0.4 is 9.80 Å². The summed E-state index contributed by atoms with van der Waals surface area (Å²) in [6.45, 7) is 17.1. The second-order valence-electron chi connectivity index (χ2n) is 16.1. The molecule has 3 heterocycles. The zero-order valence-electron chi connectivity index (χ0n) is 31.1. The number of anilines is 2. The maximum atomic E-state index is 13.6. The molecule has 2 aliphatic rings. The van der Waals surface area contributed by atoms with Crippen LogP contribution >= 0.6 is 0 Å². The van der Waals surface area contributed by atoms with Crippen LogP contribution in [0.25, 0.3) is 23.0 Å². The highest BCUT2D eigenvalue weighted by atomic mass is 16.6. The van der Waals surface area contributed by atoms with Gasteiger partial charge in [-0.3, -0.25) is 0 Å². The Morgan fingerprint density at radius 3 is 1.98 bits per heavy atom. The highest BCUT2D eigenvalue weighted by molar-refractivity contribution is 6.10. The molecule has 51 heavy (non-hydrogen) atoms. The first-order valence-corrected chi connectivity index (χ1v) is 17.1. The van der Waals surface area contributed by atoms with Gasteiger partial charge < -0.3 is 33.5 Å². The summed E-state index contributed by atoms with van der Waals surface area (Å²) in [5.41, 5.74) is -1.12. The van der Waals surface area contributed by atoms with Crippen molar-refractivity contribution in [2.24, 2.45) is 11.8 Å². The minimum Gasteiger partial charge on any atom is -0.444 e. The van der Waals surface area contributed by atoms with Crippen LogP contribution in [0.1, 0.15) is 80.7 Å². The number of nitrogens with zero attached hydrogens (tertiary/aromatic N) is 7. The van der Waals surface area contributed by atoms with Crippen molar-refractivity contribution in [2.45, 2.75) is 105 Å². The first kappa shape index (κ1) is 37.5. The maximum Gasteiger partial charge on any atom is 0.425 e. The molecule has 2 aromatic heterocycles. The van der Waals surface area contributed by atoms with Gasteiger partial charge in [0.05, 0.1) is 12.3 Å². The molecule has 1 N–H and O–H groups in total. The minimum absolute atomic E-state index is 0.0313. The van der Waals surface area contributed by atoms with Crippen LogP contribution in [0.5, 0.6) is 0 Å². The van der Waals surface area contributed by atoms with Crippen LogP contribution in [0, 0.1) is 11.8 Å². The van der Waals surface area contributed by atoms with Gasteiger partial charge in [0, 0.05) is 38.2 Å². The molecule has 15 heteroatoms. The largest absolute Gasteiger partial charge is 0.444 e. The highest BCUT2D eigenvalue weighted by Crippen LogP contribution is 2.40. The van der Waals surface area contributed by atoms with E-state index < -0.39 is 35.1 Å². The van der Waals surface area contributed by atoms with E-state index in [1.165, 1.54) is 11.1 Å². The second kappa shape index (κ2) is 14.1. The number of benzene rings is 1. The van der Waals surface area contributed by atoms with E-state index in [0.29, 0.717) is 41.8 Å². The highest BCUT2D eigenvalue weighted by Gasteiger charge is 2.43. The number of aliphatic hydroxyl groups is 1. The fourth-order valence-electron chi connectivity index (χ4n) is 5.99. The summed E-state index contributed by atoms with van der Waals surface area (Å²) in [5, 5.41) is 19.0. The Morgan fingerprint density at radius 2 is 1.41 bits per heavy atom. The van der Waals surface area contributed by atoms with E-state index >= 15 is 0 Å². The van der Waals surface area contributed by atoms with Crippen LogP contribution in [0.2, 0.25) is 0 Å². The van der Waals surface area contributed by atoms with E-state index in [1.54, 1.807) is 60.7 Å². The molecule has 15 nitrogen and oxygen atoms in total. The molecule has 3 amide bonds. The lowest BCUT2D eigenvalue weighted by atomic mass is 10.00. The van der Waals surface area contributed by atoms with E-state index in [4.69, 9.17) is 23.6 Å². The van der Waals surface area contributed by atoms with Crippen LogP contribution in [-0.2, 0) is 20.8 Å². The number of aromatic nitrogens is 4. The molecule has 1 aliphatic heterocycles. The van der Waals surface area contributed by atoms with Crippen molar-refractivity contribution >= 4 is 29.9 Å². The van der Waals surface area contributed by atoms with Crippen LogP contribution in [-0.4, -0.2) is 91.5 Å². The van der Waals surface area contributed by atoms with Crippen molar-refractivity contribution in [1.29, 1.82) is 0 Å². The quantitative estimate of drug-likeness (QED) is 0.277. The molecule has 0 radical (unpaired) electrons. The van der Waals surface area contributed by atoms with Gasteiger partial charge >= 0.3 is 18.3 Å². The van der Waals surface area contributed by atoms with Gasteiger partial charge in [-0.05, 0) is 98.8 Å². The van der Waals surface area contributed by atoms with E-state index in [9.17, 15) is 19.5 Å². The average molecular weight is 708 g/mol. The van der Waals surface area contributed by atoms with Crippen molar-refractivity contribution in [3.8, 4) is 23.0 Å². The topological polar surface area (TPSA) is 174 Å². The monoisotopic (exact) mass is 707 g/mol. The number of amides is 3. The first-order valence-electron chi connectivity index (χ1n) is 17.1. The van der Waals surface area contributed by atoms with Crippen LogP contribution in [0.3, 0.4) is 0 Å². The smallest absolute Gasteiger partial charge is 0.425 e. The molecule has 1 saturated carbocycles. The van der Waals surface area contributed by atoms with E-state index in [-0.39, 0.29) is 35.3 Å². The number of imide groups is 1. The fraction of sp³-hybridized carbons (Fsp3) is 0.583. The average Bonchev–Trinajstić information content (AvgIpc) is 3.73. The third-order valence-corrected chi connectivity index (χ3v) is 8.20. The zero-order chi connectivity index (χ0) is 37.5. The zero-order valence-corrected chi connectivity index (χ0v) is 31.1. The summed E-state index contributed by atoms with van der Waals surface area (Å²) in [4.78, 5) is 53.3. The summed E-state index contributed by atoms with van der Waals surface area (Å²) in [6, 6.07) is 7.22. The Morgan fingerprint density at radius 1 is 0.843 bits per heavy atom. The molecule has 1 aromatic carbocycles.